The van der Waals surface area contributed by atoms with Crippen molar-refractivity contribution in [3.8, 4) is 5.88 Å². The monoisotopic (exact) mass is 332 g/mol. The minimum atomic E-state index is 0.330. The van der Waals surface area contributed by atoms with Crippen LogP contribution in [0.1, 0.15) is 39.5 Å². The lowest BCUT2D eigenvalue weighted by atomic mass is 9.76. The van der Waals surface area contributed by atoms with E-state index < -0.39 is 0 Å². The molecule has 0 unspecified atom stereocenters. The Kier molecular flexibility index (Phi) is 3.66. The topological polar surface area (TPSA) is 35.0 Å². The van der Waals surface area contributed by atoms with Crippen LogP contribution in [0.5, 0.6) is 5.88 Å². The molecule has 88 valence electrons. The second kappa shape index (κ2) is 4.85. The lowest BCUT2D eigenvalue weighted by molar-refractivity contribution is 0.0939. The largest absolute Gasteiger partial charge is 0.474 e. The first-order chi connectivity index (χ1) is 7.57. The Bertz CT molecular complexity index is 358. The zero-order valence-electron chi connectivity index (χ0n) is 9.74. The molecular weight excluding hydrogens is 315 g/mol. The molecule has 0 atom stereocenters. The second-order valence-electron chi connectivity index (χ2n) is 5.16. The van der Waals surface area contributed by atoms with Crippen molar-refractivity contribution in [3.63, 3.8) is 0 Å². The van der Waals surface area contributed by atoms with Gasteiger partial charge >= 0.3 is 0 Å². The summed E-state index contributed by atoms with van der Waals surface area (Å²) in [6, 6.07) is 0. The van der Waals surface area contributed by atoms with Crippen molar-refractivity contribution < 1.29 is 4.74 Å². The molecule has 2 rings (SSSR count). The maximum atomic E-state index is 5.92. The molecule has 1 saturated carbocycles. The minimum Gasteiger partial charge on any atom is -0.474 e. The van der Waals surface area contributed by atoms with Crippen molar-refractivity contribution in [2.75, 3.05) is 0 Å². The maximum Gasteiger partial charge on any atom is 0.230 e. The Hall–Kier alpha value is -0.390. The average molecular weight is 332 g/mol. The summed E-state index contributed by atoms with van der Waals surface area (Å²) >= 11 is 2.21. The van der Waals surface area contributed by atoms with Gasteiger partial charge < -0.3 is 4.74 Å². The molecule has 16 heavy (non-hydrogen) atoms. The van der Waals surface area contributed by atoms with Crippen molar-refractivity contribution in [2.45, 2.75) is 45.6 Å². The molecule has 1 aliphatic carbocycles. The van der Waals surface area contributed by atoms with E-state index in [4.69, 9.17) is 4.74 Å². The van der Waals surface area contributed by atoms with Gasteiger partial charge in [-0.1, -0.05) is 13.8 Å². The van der Waals surface area contributed by atoms with Gasteiger partial charge in [-0.3, -0.25) is 0 Å². The Morgan fingerprint density at radius 1 is 1.38 bits per heavy atom. The molecule has 0 N–H and O–H groups in total. The van der Waals surface area contributed by atoms with Crippen LogP contribution in [0.25, 0.3) is 0 Å². The third-order valence-electron chi connectivity index (χ3n) is 3.20. The molecule has 0 bridgehead atoms. The van der Waals surface area contributed by atoms with Crippen molar-refractivity contribution >= 4 is 22.6 Å². The summed E-state index contributed by atoms with van der Waals surface area (Å²) in [6.07, 6.45) is 8.40. The van der Waals surface area contributed by atoms with E-state index in [1.54, 1.807) is 12.5 Å². The van der Waals surface area contributed by atoms with E-state index >= 15 is 0 Å². The van der Waals surface area contributed by atoms with Crippen molar-refractivity contribution in [1.82, 2.24) is 9.97 Å². The van der Waals surface area contributed by atoms with Gasteiger partial charge in [-0.2, -0.15) is 0 Å². The SMILES string of the molecule is CC1(C)CCC(Oc2ncncc2I)CC1. The van der Waals surface area contributed by atoms with Crippen molar-refractivity contribution in [3.05, 3.63) is 16.1 Å². The van der Waals surface area contributed by atoms with Crippen LogP contribution in [0, 0.1) is 8.99 Å². The highest BCUT2D eigenvalue weighted by molar-refractivity contribution is 14.1. The molecule has 0 amide bonds. The quantitative estimate of drug-likeness (QED) is 0.779. The minimum absolute atomic E-state index is 0.330. The summed E-state index contributed by atoms with van der Waals surface area (Å²) in [5.41, 5.74) is 0.485. The number of halogens is 1. The molecule has 0 radical (unpaired) electrons. The Labute approximate surface area is 110 Å². The highest BCUT2D eigenvalue weighted by Gasteiger charge is 2.28. The van der Waals surface area contributed by atoms with Gasteiger partial charge in [0.15, 0.2) is 0 Å². The molecule has 1 fully saturated rings. The van der Waals surface area contributed by atoms with Crippen LogP contribution < -0.4 is 4.74 Å². The van der Waals surface area contributed by atoms with Crippen LogP contribution in [-0.2, 0) is 0 Å². The number of hydrogen-bond donors (Lipinski definition) is 0. The first-order valence-corrected chi connectivity index (χ1v) is 6.77. The zero-order valence-corrected chi connectivity index (χ0v) is 11.9. The number of rotatable bonds is 2. The van der Waals surface area contributed by atoms with Crippen LogP contribution in [-0.4, -0.2) is 16.1 Å². The summed E-state index contributed by atoms with van der Waals surface area (Å²) in [5.74, 6) is 0.736. The zero-order chi connectivity index (χ0) is 11.6. The van der Waals surface area contributed by atoms with Crippen LogP contribution >= 0.6 is 22.6 Å². The fourth-order valence-corrected chi connectivity index (χ4v) is 2.46. The number of nitrogens with zero attached hydrogens (tertiary/aromatic N) is 2. The lowest BCUT2D eigenvalue weighted by Crippen LogP contribution is -2.28. The van der Waals surface area contributed by atoms with Crippen molar-refractivity contribution in [1.29, 1.82) is 0 Å². The van der Waals surface area contributed by atoms with E-state index in [-0.39, 0.29) is 0 Å². The molecule has 1 heterocycles. The lowest BCUT2D eigenvalue weighted by Gasteiger charge is -2.34. The van der Waals surface area contributed by atoms with Gasteiger partial charge in [0.25, 0.3) is 0 Å². The summed E-state index contributed by atoms with van der Waals surface area (Å²) in [4.78, 5) is 8.13. The van der Waals surface area contributed by atoms with E-state index in [0.29, 0.717) is 11.5 Å². The Balaban J connectivity index is 1.95. The molecule has 1 aliphatic rings. The fraction of sp³-hybridized carbons (Fsp3) is 0.667. The molecule has 0 saturated heterocycles. The van der Waals surface area contributed by atoms with Gasteiger partial charge in [0.05, 0.1) is 3.57 Å². The van der Waals surface area contributed by atoms with Crippen LogP contribution in [0.4, 0.5) is 0 Å². The van der Waals surface area contributed by atoms with Crippen LogP contribution in [0.2, 0.25) is 0 Å². The molecule has 1 aromatic rings. The molecule has 1 aromatic heterocycles. The summed E-state index contributed by atoms with van der Waals surface area (Å²) < 4.78 is 6.91. The first-order valence-electron chi connectivity index (χ1n) is 5.69. The Morgan fingerprint density at radius 2 is 2.06 bits per heavy atom. The second-order valence-corrected chi connectivity index (χ2v) is 6.32. The molecule has 0 aromatic carbocycles. The van der Waals surface area contributed by atoms with E-state index in [0.717, 1.165) is 22.3 Å². The highest BCUT2D eigenvalue weighted by Crippen LogP contribution is 2.36. The van der Waals surface area contributed by atoms with Gasteiger partial charge in [-0.15, -0.1) is 0 Å². The summed E-state index contributed by atoms with van der Waals surface area (Å²) in [5, 5.41) is 0. The van der Waals surface area contributed by atoms with Crippen LogP contribution in [0.15, 0.2) is 12.5 Å². The molecule has 3 nitrogen and oxygen atoms in total. The summed E-state index contributed by atoms with van der Waals surface area (Å²) in [7, 11) is 0. The smallest absolute Gasteiger partial charge is 0.230 e. The number of aromatic nitrogens is 2. The third-order valence-corrected chi connectivity index (χ3v) is 3.94. The third kappa shape index (κ3) is 3.06. The van der Waals surface area contributed by atoms with Crippen LogP contribution in [0.3, 0.4) is 0 Å². The van der Waals surface area contributed by atoms with Gasteiger partial charge in [-0.25, -0.2) is 9.97 Å². The van der Waals surface area contributed by atoms with E-state index in [1.807, 2.05) is 0 Å². The molecule has 0 aliphatic heterocycles. The highest BCUT2D eigenvalue weighted by atomic mass is 127. The number of hydrogen-bond acceptors (Lipinski definition) is 3. The molecule has 0 spiro atoms. The Morgan fingerprint density at radius 3 is 2.69 bits per heavy atom. The predicted octanol–water partition coefficient (Wildman–Crippen LogP) is 3.43. The average Bonchev–Trinajstić information content (AvgIpc) is 2.24. The molecular formula is C12H17IN2O. The predicted molar refractivity (Wildman–Crippen MR) is 71.4 cm³/mol. The van der Waals surface area contributed by atoms with Gasteiger partial charge in [-0.05, 0) is 53.7 Å². The summed E-state index contributed by atoms with van der Waals surface area (Å²) in [6.45, 7) is 4.66. The first kappa shape index (κ1) is 12.1. The van der Waals surface area contributed by atoms with E-state index in [9.17, 15) is 0 Å². The molecule has 4 heteroatoms. The van der Waals surface area contributed by atoms with Gasteiger partial charge in [0.2, 0.25) is 5.88 Å². The number of ether oxygens (including phenoxy) is 1. The fourth-order valence-electron chi connectivity index (χ4n) is 2.04. The maximum absolute atomic E-state index is 5.92. The van der Waals surface area contributed by atoms with E-state index in [2.05, 4.69) is 46.4 Å². The van der Waals surface area contributed by atoms with Crippen molar-refractivity contribution in [2.24, 2.45) is 5.41 Å². The standard InChI is InChI=1S/C12H17IN2O/c1-12(2)5-3-9(4-6-12)16-11-10(13)7-14-8-15-11/h7-9H,3-6H2,1-2H3. The van der Waals surface area contributed by atoms with Gasteiger partial charge in [0, 0.05) is 6.20 Å². The van der Waals surface area contributed by atoms with Gasteiger partial charge in [0.1, 0.15) is 12.4 Å². The normalized spacial score (nSPS) is 20.7. The van der Waals surface area contributed by atoms with E-state index in [1.165, 1.54) is 12.8 Å².